The Morgan fingerprint density at radius 2 is 1.61 bits per heavy atom. The van der Waals surface area contributed by atoms with Crippen LogP contribution >= 0.6 is 0 Å². The summed E-state index contributed by atoms with van der Waals surface area (Å²) >= 11 is 0. The van der Waals surface area contributed by atoms with E-state index in [0.717, 1.165) is 18.8 Å². The molecule has 174 valence electrons. The van der Waals surface area contributed by atoms with E-state index in [9.17, 15) is 9.18 Å². The molecule has 1 saturated heterocycles. The van der Waals surface area contributed by atoms with Crippen molar-refractivity contribution in [2.45, 2.75) is 5.60 Å². The molecule has 4 rings (SSSR count). The molecule has 0 aliphatic carbocycles. The molecule has 33 heavy (non-hydrogen) atoms. The van der Waals surface area contributed by atoms with E-state index >= 15 is 0 Å². The zero-order chi connectivity index (χ0) is 23.4. The molecule has 1 fully saturated rings. The first kappa shape index (κ1) is 22.8. The Labute approximate surface area is 191 Å². The van der Waals surface area contributed by atoms with E-state index < -0.39 is 11.4 Å². The van der Waals surface area contributed by atoms with Gasteiger partial charge in [0.15, 0.2) is 17.8 Å². The average Bonchev–Trinajstić information content (AvgIpc) is 3.37. The van der Waals surface area contributed by atoms with Crippen LogP contribution in [0.5, 0.6) is 11.5 Å². The molecule has 0 amide bonds. The zero-order valence-corrected chi connectivity index (χ0v) is 18.8. The number of hydrogen-bond acceptors (Lipinski definition) is 7. The molecule has 0 radical (unpaired) electrons. The van der Waals surface area contributed by atoms with E-state index in [1.54, 1.807) is 12.1 Å². The molecule has 7 nitrogen and oxygen atoms in total. The molecule has 1 unspecified atom stereocenters. The van der Waals surface area contributed by atoms with Gasteiger partial charge in [-0.25, -0.2) is 0 Å². The van der Waals surface area contributed by atoms with Crippen LogP contribution in [0.15, 0.2) is 52.9 Å². The molecular formula is C25H26FNO6. The summed E-state index contributed by atoms with van der Waals surface area (Å²) in [6, 6.07) is 14.0. The second-order valence-electron chi connectivity index (χ2n) is 7.56. The number of anilines is 1. The van der Waals surface area contributed by atoms with Crippen molar-refractivity contribution in [3.8, 4) is 22.8 Å². The first-order valence-electron chi connectivity index (χ1n) is 10.5. The highest BCUT2D eigenvalue weighted by Gasteiger charge is 2.38. The SMILES string of the molecule is COc1cc(-c2ccc(C(C=O)(OC)c3ccc(N4CCOCC4)cc3)o2)cc(OC)c1F. The first-order valence-corrected chi connectivity index (χ1v) is 10.5. The summed E-state index contributed by atoms with van der Waals surface area (Å²) < 4.78 is 41.7. The highest BCUT2D eigenvalue weighted by atomic mass is 19.1. The average molecular weight is 455 g/mol. The van der Waals surface area contributed by atoms with Crippen LogP contribution in [0.2, 0.25) is 0 Å². The lowest BCUT2D eigenvalue weighted by atomic mass is 9.92. The normalized spacial score (nSPS) is 15.7. The van der Waals surface area contributed by atoms with E-state index in [1.807, 2.05) is 24.3 Å². The maximum Gasteiger partial charge on any atom is 0.206 e. The number of morpholine rings is 1. The molecule has 0 bridgehead atoms. The fourth-order valence-corrected chi connectivity index (χ4v) is 3.98. The fourth-order valence-electron chi connectivity index (χ4n) is 3.98. The number of ether oxygens (including phenoxy) is 4. The Balaban J connectivity index is 1.69. The first-order chi connectivity index (χ1) is 16.1. The van der Waals surface area contributed by atoms with Gasteiger partial charge in [-0.1, -0.05) is 12.1 Å². The zero-order valence-electron chi connectivity index (χ0n) is 18.8. The third-order valence-corrected chi connectivity index (χ3v) is 5.86. The Morgan fingerprint density at radius 3 is 2.15 bits per heavy atom. The lowest BCUT2D eigenvalue weighted by Crippen LogP contribution is -2.36. The van der Waals surface area contributed by atoms with Gasteiger partial charge in [-0.3, -0.25) is 4.79 Å². The summed E-state index contributed by atoms with van der Waals surface area (Å²) in [5.41, 5.74) is 0.779. The van der Waals surface area contributed by atoms with Crippen LogP contribution in [0.1, 0.15) is 11.3 Å². The predicted molar refractivity (Wildman–Crippen MR) is 121 cm³/mol. The number of methoxy groups -OCH3 is 3. The van der Waals surface area contributed by atoms with E-state index in [-0.39, 0.29) is 11.5 Å². The minimum atomic E-state index is -1.43. The number of carbonyl (C=O) groups excluding carboxylic acids is 1. The van der Waals surface area contributed by atoms with Gasteiger partial charge in [0.25, 0.3) is 0 Å². The third kappa shape index (κ3) is 4.19. The topological polar surface area (TPSA) is 70.4 Å². The number of rotatable bonds is 8. The van der Waals surface area contributed by atoms with Crippen molar-refractivity contribution in [2.24, 2.45) is 0 Å². The van der Waals surface area contributed by atoms with Crippen molar-refractivity contribution in [2.75, 3.05) is 52.5 Å². The Kier molecular flexibility index (Phi) is 6.67. The van der Waals surface area contributed by atoms with Crippen molar-refractivity contribution >= 4 is 12.0 Å². The van der Waals surface area contributed by atoms with Crippen molar-refractivity contribution in [1.29, 1.82) is 0 Å². The molecule has 0 N–H and O–H groups in total. The lowest BCUT2D eigenvalue weighted by molar-refractivity contribution is -0.125. The predicted octanol–water partition coefficient (Wildman–Crippen LogP) is 4.03. The molecule has 8 heteroatoms. The van der Waals surface area contributed by atoms with Crippen LogP contribution in [0.25, 0.3) is 11.3 Å². The summed E-state index contributed by atoms with van der Waals surface area (Å²) in [5, 5.41) is 0. The van der Waals surface area contributed by atoms with Crippen molar-refractivity contribution < 1.29 is 32.5 Å². The van der Waals surface area contributed by atoms with E-state index in [1.165, 1.54) is 33.5 Å². The molecule has 1 aliphatic heterocycles. The number of hydrogen-bond donors (Lipinski definition) is 0. The number of carbonyl (C=O) groups is 1. The minimum absolute atomic E-state index is 0.0226. The molecule has 0 saturated carbocycles. The maximum absolute atomic E-state index is 14.3. The number of aldehydes is 1. The smallest absolute Gasteiger partial charge is 0.206 e. The molecule has 1 aromatic heterocycles. The summed E-state index contributed by atoms with van der Waals surface area (Å²) in [5.74, 6) is 0.157. The number of furan rings is 1. The van der Waals surface area contributed by atoms with Gasteiger partial charge in [0, 0.05) is 31.5 Å². The summed E-state index contributed by atoms with van der Waals surface area (Å²) in [4.78, 5) is 14.6. The van der Waals surface area contributed by atoms with Gasteiger partial charge in [0.1, 0.15) is 11.5 Å². The molecule has 1 atom stereocenters. The van der Waals surface area contributed by atoms with Gasteiger partial charge in [-0.15, -0.1) is 0 Å². The molecular weight excluding hydrogens is 429 g/mol. The molecule has 1 aliphatic rings. The Bertz CT molecular complexity index is 1080. The number of benzene rings is 2. The fraction of sp³-hybridized carbons (Fsp3) is 0.320. The van der Waals surface area contributed by atoms with Gasteiger partial charge in [-0.05, 0) is 42.0 Å². The van der Waals surface area contributed by atoms with E-state index in [0.29, 0.717) is 42.1 Å². The number of nitrogens with zero attached hydrogens (tertiary/aromatic N) is 1. The van der Waals surface area contributed by atoms with Crippen molar-refractivity contribution in [3.05, 3.63) is 65.7 Å². The number of halogens is 1. The van der Waals surface area contributed by atoms with Crippen LogP contribution in [0.3, 0.4) is 0 Å². The van der Waals surface area contributed by atoms with Crippen LogP contribution in [-0.2, 0) is 19.9 Å². The summed E-state index contributed by atoms with van der Waals surface area (Å²) in [6.45, 7) is 3.00. The van der Waals surface area contributed by atoms with Gasteiger partial charge in [0.2, 0.25) is 11.4 Å². The monoisotopic (exact) mass is 455 g/mol. The maximum atomic E-state index is 14.3. The van der Waals surface area contributed by atoms with Crippen LogP contribution < -0.4 is 14.4 Å². The van der Waals surface area contributed by atoms with E-state index in [4.69, 9.17) is 23.4 Å². The highest BCUT2D eigenvalue weighted by molar-refractivity contribution is 5.73. The Morgan fingerprint density at radius 1 is 0.970 bits per heavy atom. The quantitative estimate of drug-likeness (QED) is 0.475. The largest absolute Gasteiger partial charge is 0.494 e. The minimum Gasteiger partial charge on any atom is -0.494 e. The van der Waals surface area contributed by atoms with Crippen LogP contribution in [0, 0.1) is 5.82 Å². The van der Waals surface area contributed by atoms with Gasteiger partial charge in [0.05, 0.1) is 27.4 Å². The van der Waals surface area contributed by atoms with E-state index in [2.05, 4.69) is 4.90 Å². The summed E-state index contributed by atoms with van der Waals surface area (Å²) in [6.07, 6.45) is 0.713. The van der Waals surface area contributed by atoms with Crippen molar-refractivity contribution in [1.82, 2.24) is 0 Å². The van der Waals surface area contributed by atoms with Gasteiger partial charge < -0.3 is 28.3 Å². The van der Waals surface area contributed by atoms with Crippen molar-refractivity contribution in [3.63, 3.8) is 0 Å². The summed E-state index contributed by atoms with van der Waals surface area (Å²) in [7, 11) is 4.20. The molecule has 2 aromatic carbocycles. The third-order valence-electron chi connectivity index (χ3n) is 5.86. The standard InChI is InChI=1S/C25H26FNO6/c1-29-21-14-17(15-22(30-2)24(21)26)20-8-9-23(33-20)25(16-28,31-3)18-4-6-19(7-5-18)27-10-12-32-13-11-27/h4-9,14-16H,10-13H2,1-3H3. The molecule has 2 heterocycles. The van der Waals surface area contributed by atoms with Crippen LogP contribution in [0.4, 0.5) is 10.1 Å². The Hall–Kier alpha value is -3.36. The lowest BCUT2D eigenvalue weighted by Gasteiger charge is -2.30. The highest BCUT2D eigenvalue weighted by Crippen LogP contribution is 2.38. The van der Waals surface area contributed by atoms with Gasteiger partial charge in [-0.2, -0.15) is 4.39 Å². The van der Waals surface area contributed by atoms with Gasteiger partial charge >= 0.3 is 0 Å². The molecule has 0 spiro atoms. The second kappa shape index (κ2) is 9.64. The second-order valence-corrected chi connectivity index (χ2v) is 7.56. The van der Waals surface area contributed by atoms with Crippen LogP contribution in [-0.4, -0.2) is 53.9 Å². The molecule has 3 aromatic rings.